The highest BCUT2D eigenvalue weighted by Gasteiger charge is 1.93. The fourth-order valence-corrected chi connectivity index (χ4v) is 2.76. The molecule has 4 rings (SSSR count). The van der Waals surface area contributed by atoms with Crippen molar-refractivity contribution in [1.82, 2.24) is 0 Å². The summed E-state index contributed by atoms with van der Waals surface area (Å²) in [6.45, 7) is 8.51. The van der Waals surface area contributed by atoms with E-state index >= 15 is 0 Å². The molecule has 0 bridgehead atoms. The van der Waals surface area contributed by atoms with E-state index in [-0.39, 0.29) is 0 Å². The summed E-state index contributed by atoms with van der Waals surface area (Å²) in [4.78, 5) is 0. The molecule has 0 N–H and O–H groups in total. The van der Waals surface area contributed by atoms with Crippen LogP contribution in [-0.4, -0.2) is 0 Å². The van der Waals surface area contributed by atoms with Crippen molar-refractivity contribution >= 4 is 0 Å². The summed E-state index contributed by atoms with van der Waals surface area (Å²) < 4.78 is 0. The van der Waals surface area contributed by atoms with Crippen molar-refractivity contribution < 1.29 is 0 Å². The summed E-state index contributed by atoms with van der Waals surface area (Å²) in [6.07, 6.45) is 19.5. The molecule has 2 aliphatic carbocycles. The number of aryl methyl sites for hydroxylation is 2. The van der Waals surface area contributed by atoms with E-state index < -0.39 is 0 Å². The maximum absolute atomic E-state index is 2.26. The van der Waals surface area contributed by atoms with Gasteiger partial charge in [0.1, 0.15) is 0 Å². The quantitative estimate of drug-likeness (QED) is 0.459. The highest BCUT2D eigenvalue weighted by molar-refractivity contribution is 5.19. The van der Waals surface area contributed by atoms with Gasteiger partial charge >= 0.3 is 0 Å². The van der Waals surface area contributed by atoms with Crippen LogP contribution in [0.3, 0.4) is 0 Å². The SMILES string of the molecule is CC1=CCCC=C1.CCC1=CC=CCC1.Cc1ccccc1.Cc1ccccc1. The molecule has 0 atom stereocenters. The Bertz CT molecular complexity index is 721. The van der Waals surface area contributed by atoms with Crippen LogP contribution in [0.2, 0.25) is 0 Å². The fraction of sp³-hybridized carbons (Fsp3) is 0.310. The molecule has 0 saturated heterocycles. The van der Waals surface area contributed by atoms with Crippen LogP contribution in [0.25, 0.3) is 0 Å². The van der Waals surface area contributed by atoms with Gasteiger partial charge in [-0.3, -0.25) is 0 Å². The van der Waals surface area contributed by atoms with Gasteiger partial charge in [0.25, 0.3) is 0 Å². The first-order valence-corrected chi connectivity index (χ1v) is 10.8. The van der Waals surface area contributed by atoms with E-state index in [4.69, 9.17) is 0 Å². The van der Waals surface area contributed by atoms with Gasteiger partial charge in [0.2, 0.25) is 0 Å². The monoisotopic (exact) mass is 386 g/mol. The Morgan fingerprint density at radius 1 is 0.690 bits per heavy atom. The molecule has 2 aliphatic rings. The molecule has 0 fully saturated rings. The lowest BCUT2D eigenvalue weighted by Crippen LogP contribution is -1.83. The third-order valence-corrected chi connectivity index (χ3v) is 4.62. The number of hydrogen-bond donors (Lipinski definition) is 0. The van der Waals surface area contributed by atoms with Gasteiger partial charge in [0, 0.05) is 0 Å². The van der Waals surface area contributed by atoms with Crippen LogP contribution >= 0.6 is 0 Å². The molecule has 0 nitrogen and oxygen atoms in total. The van der Waals surface area contributed by atoms with Crippen molar-refractivity contribution in [3.63, 3.8) is 0 Å². The molecule has 2 aromatic carbocycles. The minimum atomic E-state index is 1.23. The maximum atomic E-state index is 2.26. The van der Waals surface area contributed by atoms with Crippen LogP contribution < -0.4 is 0 Å². The molecule has 154 valence electrons. The van der Waals surface area contributed by atoms with E-state index in [1.54, 1.807) is 5.57 Å². The van der Waals surface area contributed by atoms with Crippen LogP contribution in [0.4, 0.5) is 0 Å². The summed E-state index contributed by atoms with van der Waals surface area (Å²) >= 11 is 0. The predicted molar refractivity (Wildman–Crippen MR) is 131 cm³/mol. The molecule has 0 unspecified atom stereocenters. The molecule has 0 saturated carbocycles. The summed E-state index contributed by atoms with van der Waals surface area (Å²) in [5.41, 5.74) is 5.64. The Balaban J connectivity index is 0.000000194. The predicted octanol–water partition coefficient (Wildman–Crippen LogP) is 8.95. The van der Waals surface area contributed by atoms with E-state index in [2.05, 4.69) is 88.4 Å². The van der Waals surface area contributed by atoms with Gasteiger partial charge in [-0.2, -0.15) is 0 Å². The Morgan fingerprint density at radius 2 is 1.28 bits per heavy atom. The zero-order valence-corrected chi connectivity index (χ0v) is 18.8. The van der Waals surface area contributed by atoms with E-state index in [1.165, 1.54) is 48.8 Å². The minimum Gasteiger partial charge on any atom is -0.0842 e. The number of allylic oxidation sites excluding steroid dienone is 8. The fourth-order valence-electron chi connectivity index (χ4n) is 2.76. The highest BCUT2D eigenvalue weighted by Crippen LogP contribution is 2.13. The first-order chi connectivity index (χ1) is 14.1. The molecule has 0 aliphatic heterocycles. The van der Waals surface area contributed by atoms with Gasteiger partial charge < -0.3 is 0 Å². The maximum Gasteiger partial charge on any atom is -0.0282 e. The lowest BCUT2D eigenvalue weighted by Gasteiger charge is -2.03. The largest absolute Gasteiger partial charge is 0.0842 e. The Kier molecular flexibility index (Phi) is 13.8. The van der Waals surface area contributed by atoms with Crippen LogP contribution in [-0.2, 0) is 0 Å². The summed E-state index contributed by atoms with van der Waals surface area (Å²) in [5, 5.41) is 0. The van der Waals surface area contributed by atoms with E-state index in [9.17, 15) is 0 Å². The zero-order chi connectivity index (χ0) is 21.2. The summed E-state index contributed by atoms with van der Waals surface area (Å²) in [6, 6.07) is 20.5. The van der Waals surface area contributed by atoms with E-state index in [0.29, 0.717) is 0 Å². The van der Waals surface area contributed by atoms with E-state index in [0.717, 1.165) is 0 Å². The number of rotatable bonds is 1. The molecule has 0 spiro atoms. The molecular weight excluding hydrogens is 348 g/mol. The lowest BCUT2D eigenvalue weighted by atomic mass is 10.0. The van der Waals surface area contributed by atoms with Crippen molar-refractivity contribution in [2.24, 2.45) is 0 Å². The minimum absolute atomic E-state index is 1.23. The Labute approximate surface area is 179 Å². The van der Waals surface area contributed by atoms with Crippen molar-refractivity contribution in [3.05, 3.63) is 119 Å². The summed E-state index contributed by atoms with van der Waals surface area (Å²) in [7, 11) is 0. The molecule has 0 heteroatoms. The first-order valence-electron chi connectivity index (χ1n) is 10.8. The molecule has 0 aromatic heterocycles. The van der Waals surface area contributed by atoms with Gasteiger partial charge in [-0.15, -0.1) is 0 Å². The average Bonchev–Trinajstić information content (AvgIpc) is 2.77. The van der Waals surface area contributed by atoms with Gasteiger partial charge in [-0.05, 0) is 52.9 Å². The van der Waals surface area contributed by atoms with Gasteiger partial charge in [-0.25, -0.2) is 0 Å². The number of benzene rings is 2. The smallest absolute Gasteiger partial charge is 0.0282 e. The number of hydrogen-bond acceptors (Lipinski definition) is 0. The highest BCUT2D eigenvalue weighted by atomic mass is 14.0. The Hall–Kier alpha value is -2.60. The van der Waals surface area contributed by atoms with Gasteiger partial charge in [0.15, 0.2) is 0 Å². The second-order valence-electron chi connectivity index (χ2n) is 7.38. The third kappa shape index (κ3) is 14.1. The van der Waals surface area contributed by atoms with Crippen LogP contribution in [0.15, 0.2) is 108 Å². The molecule has 2 aromatic rings. The molecule has 29 heavy (non-hydrogen) atoms. The average molecular weight is 387 g/mol. The molecular formula is C29H38. The van der Waals surface area contributed by atoms with E-state index in [1.807, 2.05) is 36.4 Å². The lowest BCUT2D eigenvalue weighted by molar-refractivity contribution is 0.895. The topological polar surface area (TPSA) is 0 Å². The van der Waals surface area contributed by atoms with Crippen molar-refractivity contribution in [1.29, 1.82) is 0 Å². The summed E-state index contributed by atoms with van der Waals surface area (Å²) in [5.74, 6) is 0. The molecule has 0 heterocycles. The Morgan fingerprint density at radius 3 is 1.52 bits per heavy atom. The van der Waals surface area contributed by atoms with Crippen LogP contribution in [0.5, 0.6) is 0 Å². The van der Waals surface area contributed by atoms with Gasteiger partial charge in [-0.1, -0.05) is 126 Å². The van der Waals surface area contributed by atoms with Crippen molar-refractivity contribution in [3.8, 4) is 0 Å². The van der Waals surface area contributed by atoms with Crippen molar-refractivity contribution in [2.75, 3.05) is 0 Å². The standard InChI is InChI=1S/C8H12.C7H10.2C7H8/c1-2-8-6-4-3-5-7-8;3*1-7-5-3-2-4-6-7/h3-4,6H,2,5,7H2,1H3;3,5-6H,2,4H2,1H3;2*2-6H,1H3. The van der Waals surface area contributed by atoms with Crippen molar-refractivity contribution in [2.45, 2.75) is 59.8 Å². The normalized spacial score (nSPS) is 13.9. The molecule has 0 amide bonds. The second-order valence-corrected chi connectivity index (χ2v) is 7.38. The third-order valence-electron chi connectivity index (χ3n) is 4.62. The van der Waals surface area contributed by atoms with Crippen LogP contribution in [0, 0.1) is 13.8 Å². The zero-order valence-electron chi connectivity index (χ0n) is 18.8. The second kappa shape index (κ2) is 16.4. The van der Waals surface area contributed by atoms with Gasteiger partial charge in [0.05, 0.1) is 0 Å². The first kappa shape index (κ1) is 24.4. The van der Waals surface area contributed by atoms with Crippen LogP contribution in [0.1, 0.15) is 57.1 Å². The molecule has 0 radical (unpaired) electrons.